The third-order valence-electron chi connectivity index (χ3n) is 2.83. The number of aliphatic hydroxyl groups excluding tert-OH is 1. The molecule has 2 rings (SSSR count). The third-order valence-corrected chi connectivity index (χ3v) is 3.04. The molecule has 0 aliphatic heterocycles. The number of aryl methyl sites for hydroxylation is 1. The molecule has 0 bridgehead atoms. The predicted molar refractivity (Wildman–Crippen MR) is 81.9 cm³/mol. The highest BCUT2D eigenvalue weighted by Crippen LogP contribution is 2.12. The topological polar surface area (TPSA) is 63.0 Å². The molecule has 2 aromatic rings. The molecule has 2 N–H and O–H groups in total. The summed E-state index contributed by atoms with van der Waals surface area (Å²) in [4.78, 5) is 4.02. The highest BCUT2D eigenvalue weighted by atomic mass is 35.5. The average molecular weight is 323 g/mol. The van der Waals surface area contributed by atoms with Crippen LogP contribution in [0.1, 0.15) is 23.6 Å². The zero-order chi connectivity index (χ0) is 15.9. The molecule has 1 unspecified atom stereocenters. The number of rotatable bonds is 5. The average Bonchev–Trinajstić information content (AvgIpc) is 2.92. The fourth-order valence-corrected chi connectivity index (χ4v) is 1.94. The van der Waals surface area contributed by atoms with E-state index in [1.165, 1.54) is 4.68 Å². The summed E-state index contributed by atoms with van der Waals surface area (Å²) in [6.07, 6.45) is 4.22. The van der Waals surface area contributed by atoms with E-state index in [2.05, 4.69) is 27.2 Å². The molecule has 7 heteroatoms. The Labute approximate surface area is 133 Å². The number of hydrogen-bond acceptors (Lipinski definition) is 4. The van der Waals surface area contributed by atoms with Crippen LogP contribution in [0.3, 0.4) is 0 Å². The lowest BCUT2D eigenvalue weighted by Crippen LogP contribution is -2.25. The Balaban J connectivity index is 2.19. The summed E-state index contributed by atoms with van der Waals surface area (Å²) in [5.74, 6) is 5.95. The van der Waals surface area contributed by atoms with Crippen molar-refractivity contribution in [2.24, 2.45) is 0 Å². The van der Waals surface area contributed by atoms with Gasteiger partial charge in [0, 0.05) is 24.5 Å². The number of hydrogen-bond donors (Lipinski definition) is 2. The lowest BCUT2D eigenvalue weighted by molar-refractivity contribution is 0.155. The third kappa shape index (κ3) is 4.81. The maximum absolute atomic E-state index is 12.2. The molecule has 5 nitrogen and oxygen atoms in total. The van der Waals surface area contributed by atoms with Crippen LogP contribution in [0.15, 0.2) is 24.7 Å². The van der Waals surface area contributed by atoms with Gasteiger partial charge in [0.15, 0.2) is 0 Å². The first kappa shape index (κ1) is 16.4. The molecule has 0 spiro atoms. The largest absolute Gasteiger partial charge is 0.379 e. The Kier molecular flexibility index (Phi) is 5.90. The fraction of sp³-hybridized carbons (Fsp3) is 0.333. The monoisotopic (exact) mass is 322 g/mol. The number of halogens is 2. The number of pyridine rings is 1. The number of nitrogens with zero attached hydrogens (tertiary/aromatic N) is 3. The van der Waals surface area contributed by atoms with Gasteiger partial charge in [0.2, 0.25) is 0 Å². The van der Waals surface area contributed by atoms with Crippen molar-refractivity contribution in [3.63, 3.8) is 0 Å². The first-order valence-electron chi connectivity index (χ1n) is 6.75. The van der Waals surface area contributed by atoms with Crippen LogP contribution < -0.4 is 5.32 Å². The van der Waals surface area contributed by atoms with Crippen LogP contribution in [0, 0.1) is 11.8 Å². The van der Waals surface area contributed by atoms with E-state index in [-0.39, 0.29) is 6.54 Å². The summed E-state index contributed by atoms with van der Waals surface area (Å²) in [5, 5.41) is 16.6. The van der Waals surface area contributed by atoms with E-state index in [9.17, 15) is 9.50 Å². The second-order valence-electron chi connectivity index (χ2n) is 4.65. The molecule has 0 saturated heterocycles. The van der Waals surface area contributed by atoms with Gasteiger partial charge in [-0.05, 0) is 18.6 Å². The molecule has 0 aliphatic rings. The molecule has 1 atom stereocenters. The van der Waals surface area contributed by atoms with E-state index < -0.39 is 12.9 Å². The molecule has 0 aliphatic carbocycles. The van der Waals surface area contributed by atoms with Gasteiger partial charge in [0.1, 0.15) is 18.1 Å². The maximum atomic E-state index is 12.2. The lowest BCUT2D eigenvalue weighted by atomic mass is 10.1. The molecular weight excluding hydrogens is 307 g/mol. The van der Waals surface area contributed by atoms with Crippen molar-refractivity contribution in [3.05, 3.63) is 46.5 Å². The summed E-state index contributed by atoms with van der Waals surface area (Å²) in [7, 11) is 0. The van der Waals surface area contributed by atoms with E-state index in [0.717, 1.165) is 5.56 Å². The van der Waals surface area contributed by atoms with Crippen molar-refractivity contribution in [3.8, 4) is 11.8 Å². The Morgan fingerprint density at radius 1 is 1.45 bits per heavy atom. The summed E-state index contributed by atoms with van der Waals surface area (Å²) in [5.41, 5.74) is 2.23. The molecule has 0 aromatic carbocycles. The molecule has 2 heterocycles. The molecule has 116 valence electrons. The van der Waals surface area contributed by atoms with Gasteiger partial charge in [-0.25, -0.2) is 9.37 Å². The van der Waals surface area contributed by atoms with Gasteiger partial charge in [0.05, 0.1) is 18.3 Å². The normalized spacial score (nSPS) is 11.8. The van der Waals surface area contributed by atoms with E-state index in [1.807, 2.05) is 0 Å². The first-order valence-corrected chi connectivity index (χ1v) is 7.12. The van der Waals surface area contributed by atoms with E-state index >= 15 is 0 Å². The van der Waals surface area contributed by atoms with Crippen molar-refractivity contribution in [1.82, 2.24) is 20.1 Å². The molecule has 0 saturated carbocycles. The Morgan fingerprint density at radius 2 is 2.27 bits per heavy atom. The van der Waals surface area contributed by atoms with Gasteiger partial charge < -0.3 is 5.11 Å². The number of aromatic nitrogens is 3. The minimum absolute atomic E-state index is 0.216. The van der Waals surface area contributed by atoms with Gasteiger partial charge in [-0.15, -0.1) is 0 Å². The zero-order valence-electron chi connectivity index (χ0n) is 12.1. The minimum Gasteiger partial charge on any atom is -0.379 e. The van der Waals surface area contributed by atoms with Gasteiger partial charge in [-0.2, -0.15) is 5.10 Å². The maximum Gasteiger partial charge on any atom is 0.129 e. The van der Waals surface area contributed by atoms with Crippen molar-refractivity contribution >= 4 is 11.6 Å². The fourth-order valence-electron chi connectivity index (χ4n) is 1.76. The number of aliphatic hydroxyl groups is 1. The van der Waals surface area contributed by atoms with Crippen LogP contribution in [0.4, 0.5) is 4.39 Å². The van der Waals surface area contributed by atoms with Crippen LogP contribution in [-0.4, -0.2) is 32.8 Å². The van der Waals surface area contributed by atoms with Crippen molar-refractivity contribution in [2.75, 3.05) is 6.67 Å². The summed E-state index contributed by atoms with van der Waals surface area (Å²) in [6, 6.07) is 1.70. The van der Waals surface area contributed by atoms with E-state index in [1.54, 1.807) is 31.6 Å². The Morgan fingerprint density at radius 3 is 3.00 bits per heavy atom. The highest BCUT2D eigenvalue weighted by molar-refractivity contribution is 6.29. The standard InChI is InChI=1S/C15H16ClFN4O/c1-11(22)18-9-14-6-15(16)19-8-13(14)3-2-12-7-20-21(10-12)5-4-17/h6-8,10-11,18,22H,4-5,9H2,1H3. The Bertz CT molecular complexity index is 690. The van der Waals surface area contributed by atoms with Crippen LogP contribution in [0.25, 0.3) is 0 Å². The van der Waals surface area contributed by atoms with Crippen LogP contribution in [0.2, 0.25) is 5.15 Å². The molecule has 0 radical (unpaired) electrons. The first-order chi connectivity index (χ1) is 10.6. The van der Waals surface area contributed by atoms with E-state index in [4.69, 9.17) is 11.6 Å². The summed E-state index contributed by atoms with van der Waals surface area (Å²) < 4.78 is 13.7. The Hall–Kier alpha value is -1.94. The zero-order valence-corrected chi connectivity index (χ0v) is 12.8. The van der Waals surface area contributed by atoms with Crippen LogP contribution in [-0.2, 0) is 13.1 Å². The molecule has 0 fully saturated rings. The quantitative estimate of drug-likeness (QED) is 0.500. The van der Waals surface area contributed by atoms with Gasteiger partial charge in [0.25, 0.3) is 0 Å². The SMILES string of the molecule is CC(O)NCc1cc(Cl)ncc1C#Cc1cnn(CCF)c1. The number of alkyl halides is 1. The van der Waals surface area contributed by atoms with Gasteiger partial charge >= 0.3 is 0 Å². The highest BCUT2D eigenvalue weighted by Gasteiger charge is 2.04. The molecule has 22 heavy (non-hydrogen) atoms. The van der Waals surface area contributed by atoms with E-state index in [0.29, 0.717) is 22.8 Å². The minimum atomic E-state index is -0.633. The second-order valence-corrected chi connectivity index (χ2v) is 5.04. The van der Waals surface area contributed by atoms with Crippen LogP contribution >= 0.6 is 11.6 Å². The number of nitrogens with one attached hydrogen (secondary N) is 1. The van der Waals surface area contributed by atoms with Crippen molar-refractivity contribution in [2.45, 2.75) is 26.2 Å². The second kappa shape index (κ2) is 7.90. The van der Waals surface area contributed by atoms with Crippen molar-refractivity contribution < 1.29 is 9.50 Å². The summed E-state index contributed by atoms with van der Waals surface area (Å²) in [6.45, 7) is 1.80. The predicted octanol–water partition coefficient (Wildman–Crippen LogP) is 1.73. The smallest absolute Gasteiger partial charge is 0.129 e. The van der Waals surface area contributed by atoms with Crippen LogP contribution in [0.5, 0.6) is 0 Å². The van der Waals surface area contributed by atoms with Gasteiger partial charge in [-0.1, -0.05) is 23.4 Å². The van der Waals surface area contributed by atoms with Crippen molar-refractivity contribution in [1.29, 1.82) is 0 Å². The summed E-state index contributed by atoms with van der Waals surface area (Å²) >= 11 is 5.89. The lowest BCUT2D eigenvalue weighted by Gasteiger charge is -2.09. The molecule has 2 aromatic heterocycles. The molecule has 0 amide bonds. The van der Waals surface area contributed by atoms with Gasteiger partial charge in [-0.3, -0.25) is 10.00 Å². The molecular formula is C15H16ClFN4O.